The van der Waals surface area contributed by atoms with Crippen molar-refractivity contribution in [3.05, 3.63) is 35.9 Å². The lowest BCUT2D eigenvalue weighted by Crippen LogP contribution is -2.62. The number of aliphatic hydroxyl groups excluding tert-OH is 2. The number of hydrogen-bond acceptors (Lipinski definition) is 6. The minimum absolute atomic E-state index is 0.299. The fourth-order valence-corrected chi connectivity index (χ4v) is 2.91. The normalized spacial score (nSPS) is 31.7. The number of thiocarbonyl (C=S) groups is 1. The highest BCUT2D eigenvalue weighted by molar-refractivity contribution is 7.81. The van der Waals surface area contributed by atoms with Crippen LogP contribution in [0.2, 0.25) is 0 Å². The fraction of sp³-hybridized carbons (Fsp3) is 0.533. The summed E-state index contributed by atoms with van der Waals surface area (Å²) in [6.07, 6.45) is -2.30. The summed E-state index contributed by atoms with van der Waals surface area (Å²) < 4.78 is 11.5. The SMILES string of the molecule is CC(=S)N[C@H]1[C@H](OCc2ccccc2)O[C@H](CO)[C@@H](O)[C@@H]1S. The molecule has 1 aliphatic rings. The Labute approximate surface area is 141 Å². The smallest absolute Gasteiger partial charge is 0.179 e. The molecule has 0 aromatic heterocycles. The van der Waals surface area contributed by atoms with E-state index in [2.05, 4.69) is 17.9 Å². The van der Waals surface area contributed by atoms with E-state index in [0.29, 0.717) is 11.6 Å². The molecule has 0 amide bonds. The largest absolute Gasteiger partial charge is 0.394 e. The van der Waals surface area contributed by atoms with Gasteiger partial charge in [-0.05, 0) is 12.5 Å². The van der Waals surface area contributed by atoms with E-state index in [9.17, 15) is 10.2 Å². The van der Waals surface area contributed by atoms with Crippen molar-refractivity contribution in [2.45, 2.75) is 43.3 Å². The number of hydrogen-bond donors (Lipinski definition) is 4. The van der Waals surface area contributed by atoms with Crippen molar-refractivity contribution in [2.75, 3.05) is 6.61 Å². The molecule has 0 aliphatic carbocycles. The summed E-state index contributed by atoms with van der Waals surface area (Å²) in [4.78, 5) is 0.565. The predicted molar refractivity (Wildman–Crippen MR) is 91.0 cm³/mol. The number of benzene rings is 1. The summed E-state index contributed by atoms with van der Waals surface area (Å²) in [6.45, 7) is 1.80. The van der Waals surface area contributed by atoms with Crippen molar-refractivity contribution >= 4 is 29.8 Å². The Morgan fingerprint density at radius 2 is 2.09 bits per heavy atom. The van der Waals surface area contributed by atoms with Gasteiger partial charge in [0.15, 0.2) is 6.29 Å². The molecule has 1 aromatic rings. The minimum Gasteiger partial charge on any atom is -0.394 e. The molecule has 5 nitrogen and oxygen atoms in total. The average molecular weight is 343 g/mol. The highest BCUT2D eigenvalue weighted by atomic mass is 32.1. The molecular formula is C15H21NO4S2. The molecule has 1 aliphatic heterocycles. The number of thiol groups is 1. The Kier molecular flexibility index (Phi) is 6.61. The van der Waals surface area contributed by atoms with Gasteiger partial charge in [0.25, 0.3) is 0 Å². The molecule has 1 heterocycles. The second-order valence-electron chi connectivity index (χ2n) is 5.23. The molecule has 0 bridgehead atoms. The van der Waals surface area contributed by atoms with Crippen molar-refractivity contribution in [3.63, 3.8) is 0 Å². The zero-order valence-electron chi connectivity index (χ0n) is 12.3. The maximum atomic E-state index is 10.1. The van der Waals surface area contributed by atoms with E-state index in [4.69, 9.17) is 21.7 Å². The Morgan fingerprint density at radius 1 is 1.41 bits per heavy atom. The summed E-state index contributed by atoms with van der Waals surface area (Å²) >= 11 is 9.50. The van der Waals surface area contributed by atoms with E-state index in [1.54, 1.807) is 6.92 Å². The molecule has 0 saturated carbocycles. The lowest BCUT2D eigenvalue weighted by atomic mass is 9.99. The Hall–Kier alpha value is -0.700. The Balaban J connectivity index is 2.07. The second kappa shape index (κ2) is 8.24. The molecular weight excluding hydrogens is 322 g/mol. The molecule has 7 heteroatoms. The lowest BCUT2D eigenvalue weighted by Gasteiger charge is -2.43. The van der Waals surface area contributed by atoms with Crippen molar-refractivity contribution in [1.82, 2.24) is 5.32 Å². The molecule has 3 N–H and O–H groups in total. The van der Waals surface area contributed by atoms with Crippen LogP contribution >= 0.6 is 24.8 Å². The summed E-state index contributed by atoms with van der Waals surface area (Å²) in [6, 6.07) is 9.29. The van der Waals surface area contributed by atoms with Crippen LogP contribution in [0.25, 0.3) is 0 Å². The topological polar surface area (TPSA) is 71.0 Å². The molecule has 1 fully saturated rings. The lowest BCUT2D eigenvalue weighted by molar-refractivity contribution is -0.241. The summed E-state index contributed by atoms with van der Waals surface area (Å²) in [7, 11) is 0. The molecule has 0 radical (unpaired) electrons. The molecule has 0 spiro atoms. The van der Waals surface area contributed by atoms with Crippen LogP contribution in [0.3, 0.4) is 0 Å². The van der Waals surface area contributed by atoms with E-state index in [0.717, 1.165) is 5.56 Å². The molecule has 122 valence electrons. The predicted octanol–water partition coefficient (Wildman–Crippen LogP) is 0.885. The average Bonchev–Trinajstić information content (AvgIpc) is 2.52. The molecule has 2 rings (SSSR count). The van der Waals surface area contributed by atoms with Crippen LogP contribution in [0.4, 0.5) is 0 Å². The van der Waals surface area contributed by atoms with E-state index >= 15 is 0 Å². The van der Waals surface area contributed by atoms with Gasteiger partial charge in [0, 0.05) is 0 Å². The number of ether oxygens (including phenoxy) is 2. The van der Waals surface area contributed by atoms with Crippen LogP contribution in [0.15, 0.2) is 30.3 Å². The van der Waals surface area contributed by atoms with Crippen molar-refractivity contribution in [3.8, 4) is 0 Å². The van der Waals surface area contributed by atoms with E-state index in [1.165, 1.54) is 0 Å². The first-order valence-corrected chi connectivity index (χ1v) is 8.00. The first-order chi connectivity index (χ1) is 10.5. The maximum Gasteiger partial charge on any atom is 0.179 e. The Morgan fingerprint density at radius 3 is 2.68 bits per heavy atom. The first kappa shape index (κ1) is 17.7. The van der Waals surface area contributed by atoms with E-state index < -0.39 is 29.8 Å². The fourth-order valence-electron chi connectivity index (χ4n) is 2.37. The molecule has 22 heavy (non-hydrogen) atoms. The van der Waals surface area contributed by atoms with Gasteiger partial charge in [0.05, 0.1) is 35.6 Å². The van der Waals surface area contributed by atoms with E-state index in [-0.39, 0.29) is 6.61 Å². The monoisotopic (exact) mass is 343 g/mol. The van der Waals surface area contributed by atoms with Crippen LogP contribution in [0.5, 0.6) is 0 Å². The van der Waals surface area contributed by atoms with E-state index in [1.807, 2.05) is 30.3 Å². The van der Waals surface area contributed by atoms with Gasteiger partial charge < -0.3 is 25.0 Å². The quantitative estimate of drug-likeness (QED) is 0.470. The molecule has 1 aromatic carbocycles. The number of nitrogens with one attached hydrogen (secondary N) is 1. The van der Waals surface area contributed by atoms with Gasteiger partial charge in [-0.2, -0.15) is 12.6 Å². The zero-order valence-corrected chi connectivity index (χ0v) is 14.0. The molecule has 1 saturated heterocycles. The van der Waals surface area contributed by atoms with Crippen LogP contribution in [0.1, 0.15) is 12.5 Å². The summed E-state index contributed by atoms with van der Waals surface area (Å²) in [5.41, 5.74) is 1.01. The van der Waals surface area contributed by atoms with Crippen LogP contribution in [-0.4, -0.2) is 51.6 Å². The van der Waals surface area contributed by atoms with Crippen molar-refractivity contribution < 1.29 is 19.7 Å². The summed E-state index contributed by atoms with van der Waals surface area (Å²) in [5.74, 6) is 0. The van der Waals surface area contributed by atoms with Gasteiger partial charge in [0.1, 0.15) is 6.10 Å². The van der Waals surface area contributed by atoms with Crippen molar-refractivity contribution in [2.24, 2.45) is 0 Å². The number of aliphatic hydroxyl groups is 2. The van der Waals surface area contributed by atoms with Gasteiger partial charge >= 0.3 is 0 Å². The van der Waals surface area contributed by atoms with Gasteiger partial charge in [-0.3, -0.25) is 0 Å². The standard InChI is InChI=1S/C15H21NO4S2/c1-9(21)16-12-14(22)13(18)11(7-17)20-15(12)19-8-10-5-3-2-4-6-10/h2-6,11-15,17-18,22H,7-8H2,1H3,(H,16,21)/t11-,12-,13-,14-,15-/m1/s1. The van der Waals surface area contributed by atoms with Gasteiger partial charge in [-0.15, -0.1) is 0 Å². The minimum atomic E-state index is -0.906. The first-order valence-electron chi connectivity index (χ1n) is 7.08. The highest BCUT2D eigenvalue weighted by Gasteiger charge is 2.44. The zero-order chi connectivity index (χ0) is 16.1. The third-order valence-electron chi connectivity index (χ3n) is 3.51. The van der Waals surface area contributed by atoms with Gasteiger partial charge in [0.2, 0.25) is 0 Å². The van der Waals surface area contributed by atoms with Crippen LogP contribution in [-0.2, 0) is 16.1 Å². The van der Waals surface area contributed by atoms with Gasteiger partial charge in [-0.1, -0.05) is 42.5 Å². The third kappa shape index (κ3) is 4.41. The van der Waals surface area contributed by atoms with Gasteiger partial charge in [-0.25, -0.2) is 0 Å². The highest BCUT2D eigenvalue weighted by Crippen LogP contribution is 2.26. The second-order valence-corrected chi connectivity index (χ2v) is 6.44. The maximum absolute atomic E-state index is 10.1. The summed E-state index contributed by atoms with van der Waals surface area (Å²) in [5, 5.41) is 22.0. The molecule has 5 atom stereocenters. The molecule has 0 unspecified atom stereocenters. The van der Waals surface area contributed by atoms with Crippen molar-refractivity contribution in [1.29, 1.82) is 0 Å². The Bertz CT molecular complexity index is 488. The number of rotatable bonds is 5. The van der Waals surface area contributed by atoms with Crippen LogP contribution < -0.4 is 5.32 Å². The van der Waals surface area contributed by atoms with Crippen LogP contribution in [0, 0.1) is 0 Å². The third-order valence-corrected chi connectivity index (χ3v) is 4.25.